The summed E-state index contributed by atoms with van der Waals surface area (Å²) in [4.78, 5) is 18.3. The van der Waals surface area contributed by atoms with Crippen LogP contribution in [0.1, 0.15) is 51.2 Å². The summed E-state index contributed by atoms with van der Waals surface area (Å²) >= 11 is 0. The van der Waals surface area contributed by atoms with Crippen molar-refractivity contribution in [3.05, 3.63) is 11.6 Å². The van der Waals surface area contributed by atoms with Gasteiger partial charge in [0, 0.05) is 26.1 Å². The fraction of sp³-hybridized carbons (Fsp3) is 0.786. The lowest BCUT2D eigenvalue weighted by Crippen LogP contribution is -2.41. The van der Waals surface area contributed by atoms with E-state index in [1.165, 1.54) is 0 Å². The second kappa shape index (κ2) is 5.42. The minimum absolute atomic E-state index is 0.218. The predicted molar refractivity (Wildman–Crippen MR) is 75.5 cm³/mol. The van der Waals surface area contributed by atoms with Gasteiger partial charge in [-0.25, -0.2) is 9.78 Å². The third-order valence-corrected chi connectivity index (χ3v) is 3.41. The zero-order valence-electron chi connectivity index (χ0n) is 13.0. The maximum absolute atomic E-state index is 12.0. The van der Waals surface area contributed by atoms with Gasteiger partial charge in [-0.05, 0) is 40.5 Å². The van der Waals surface area contributed by atoms with E-state index in [0.717, 1.165) is 24.5 Å². The van der Waals surface area contributed by atoms with Crippen LogP contribution < -0.4 is 0 Å². The molecule has 1 saturated heterocycles. The number of aryl methyl sites for hydroxylation is 2. The zero-order valence-corrected chi connectivity index (χ0v) is 13.0. The van der Waals surface area contributed by atoms with Crippen molar-refractivity contribution in [1.82, 2.24) is 19.7 Å². The van der Waals surface area contributed by atoms with Crippen LogP contribution in [0.2, 0.25) is 0 Å². The SMILES string of the molecule is Cc1nc(C2CCN(C(=O)OC(C)(C)C)CC2)n(C)n1. The molecular formula is C14H24N4O2. The fourth-order valence-corrected chi connectivity index (χ4v) is 2.53. The molecule has 2 heterocycles. The van der Waals surface area contributed by atoms with Crippen LogP contribution in [0, 0.1) is 6.92 Å². The molecule has 1 aromatic heterocycles. The van der Waals surface area contributed by atoms with Gasteiger partial charge in [0.05, 0.1) is 0 Å². The van der Waals surface area contributed by atoms with Crippen LogP contribution in [0.4, 0.5) is 4.79 Å². The number of amides is 1. The lowest BCUT2D eigenvalue weighted by atomic mass is 9.96. The van der Waals surface area contributed by atoms with E-state index >= 15 is 0 Å². The molecule has 0 aliphatic carbocycles. The Balaban J connectivity index is 1.92. The van der Waals surface area contributed by atoms with E-state index in [0.29, 0.717) is 19.0 Å². The Labute approximate surface area is 120 Å². The molecule has 1 aliphatic rings. The number of carbonyl (C=O) groups excluding carboxylic acids is 1. The molecule has 1 aromatic rings. The molecule has 6 heteroatoms. The average Bonchev–Trinajstić information content (AvgIpc) is 2.66. The molecule has 112 valence electrons. The van der Waals surface area contributed by atoms with E-state index in [1.807, 2.05) is 39.4 Å². The molecule has 6 nitrogen and oxygen atoms in total. The van der Waals surface area contributed by atoms with Crippen molar-refractivity contribution >= 4 is 6.09 Å². The molecule has 20 heavy (non-hydrogen) atoms. The van der Waals surface area contributed by atoms with Crippen molar-refractivity contribution in [3.63, 3.8) is 0 Å². The van der Waals surface area contributed by atoms with E-state index in [-0.39, 0.29) is 6.09 Å². The lowest BCUT2D eigenvalue weighted by molar-refractivity contribution is 0.0202. The number of carbonyl (C=O) groups is 1. The quantitative estimate of drug-likeness (QED) is 0.791. The number of piperidine rings is 1. The first-order chi connectivity index (χ1) is 9.26. The molecule has 1 fully saturated rings. The van der Waals surface area contributed by atoms with Crippen LogP contribution in [0.3, 0.4) is 0 Å². The standard InChI is InChI=1S/C14H24N4O2/c1-10-15-12(17(5)16-10)11-6-8-18(9-7-11)13(19)20-14(2,3)4/h11H,6-9H2,1-5H3. The van der Waals surface area contributed by atoms with E-state index < -0.39 is 5.60 Å². The van der Waals surface area contributed by atoms with Crippen LogP contribution in [0.5, 0.6) is 0 Å². The van der Waals surface area contributed by atoms with Gasteiger partial charge in [-0.15, -0.1) is 0 Å². The Morgan fingerprint density at radius 1 is 1.30 bits per heavy atom. The van der Waals surface area contributed by atoms with Crippen molar-refractivity contribution < 1.29 is 9.53 Å². The maximum atomic E-state index is 12.0. The number of hydrogen-bond donors (Lipinski definition) is 0. The molecule has 0 unspecified atom stereocenters. The van der Waals surface area contributed by atoms with Crippen LogP contribution >= 0.6 is 0 Å². The number of rotatable bonds is 1. The van der Waals surface area contributed by atoms with Crippen LogP contribution in [-0.4, -0.2) is 44.4 Å². The average molecular weight is 280 g/mol. The first-order valence-electron chi connectivity index (χ1n) is 7.12. The number of aromatic nitrogens is 3. The number of ether oxygens (including phenoxy) is 1. The van der Waals surface area contributed by atoms with Crippen molar-refractivity contribution in [3.8, 4) is 0 Å². The summed E-state index contributed by atoms with van der Waals surface area (Å²) in [7, 11) is 1.93. The highest BCUT2D eigenvalue weighted by Gasteiger charge is 2.29. The Morgan fingerprint density at radius 3 is 2.35 bits per heavy atom. The smallest absolute Gasteiger partial charge is 0.410 e. The topological polar surface area (TPSA) is 60.3 Å². The first kappa shape index (κ1) is 14.8. The predicted octanol–water partition coefficient (Wildman–Crippen LogP) is 2.24. The second-order valence-corrected chi connectivity index (χ2v) is 6.38. The van der Waals surface area contributed by atoms with Gasteiger partial charge in [0.1, 0.15) is 17.2 Å². The summed E-state index contributed by atoms with van der Waals surface area (Å²) in [5.41, 5.74) is -0.436. The summed E-state index contributed by atoms with van der Waals surface area (Å²) in [5.74, 6) is 2.20. The molecule has 0 saturated carbocycles. The summed E-state index contributed by atoms with van der Waals surface area (Å²) < 4.78 is 7.25. The number of nitrogens with zero attached hydrogens (tertiary/aromatic N) is 4. The molecule has 0 N–H and O–H groups in total. The minimum atomic E-state index is -0.436. The van der Waals surface area contributed by atoms with Crippen LogP contribution in [0.15, 0.2) is 0 Å². The summed E-state index contributed by atoms with van der Waals surface area (Å²) in [6.45, 7) is 9.00. The first-order valence-corrected chi connectivity index (χ1v) is 7.12. The third kappa shape index (κ3) is 3.49. The zero-order chi connectivity index (χ0) is 14.9. The minimum Gasteiger partial charge on any atom is -0.444 e. The summed E-state index contributed by atoms with van der Waals surface area (Å²) in [6, 6.07) is 0. The normalized spacial score (nSPS) is 17.4. The van der Waals surface area contributed by atoms with Gasteiger partial charge >= 0.3 is 6.09 Å². The molecule has 0 aromatic carbocycles. The van der Waals surface area contributed by atoms with Crippen molar-refractivity contribution in [1.29, 1.82) is 0 Å². The van der Waals surface area contributed by atoms with Gasteiger partial charge < -0.3 is 9.64 Å². The monoisotopic (exact) mass is 280 g/mol. The number of hydrogen-bond acceptors (Lipinski definition) is 4. The van der Waals surface area contributed by atoms with E-state index in [9.17, 15) is 4.79 Å². The number of likely N-dealkylation sites (tertiary alicyclic amines) is 1. The second-order valence-electron chi connectivity index (χ2n) is 6.38. The molecule has 0 spiro atoms. The Hall–Kier alpha value is -1.59. The highest BCUT2D eigenvalue weighted by Crippen LogP contribution is 2.27. The highest BCUT2D eigenvalue weighted by atomic mass is 16.6. The maximum Gasteiger partial charge on any atom is 0.410 e. The van der Waals surface area contributed by atoms with Gasteiger partial charge in [-0.2, -0.15) is 5.10 Å². The van der Waals surface area contributed by atoms with Crippen LogP contribution in [-0.2, 0) is 11.8 Å². The Kier molecular flexibility index (Phi) is 4.01. The lowest BCUT2D eigenvalue weighted by Gasteiger charge is -2.33. The molecule has 0 atom stereocenters. The third-order valence-electron chi connectivity index (χ3n) is 3.41. The Bertz CT molecular complexity index is 482. The molecule has 1 amide bonds. The molecule has 0 bridgehead atoms. The Morgan fingerprint density at radius 2 is 1.90 bits per heavy atom. The van der Waals surface area contributed by atoms with E-state index in [1.54, 1.807) is 4.90 Å². The summed E-state index contributed by atoms with van der Waals surface area (Å²) in [6.07, 6.45) is 1.60. The van der Waals surface area contributed by atoms with Crippen molar-refractivity contribution in [2.45, 2.75) is 52.1 Å². The summed E-state index contributed by atoms with van der Waals surface area (Å²) in [5, 5.41) is 4.29. The highest BCUT2D eigenvalue weighted by molar-refractivity contribution is 5.68. The van der Waals surface area contributed by atoms with E-state index in [2.05, 4.69) is 10.1 Å². The van der Waals surface area contributed by atoms with Crippen molar-refractivity contribution in [2.24, 2.45) is 7.05 Å². The van der Waals surface area contributed by atoms with Gasteiger partial charge in [-0.3, -0.25) is 4.68 Å². The fourth-order valence-electron chi connectivity index (χ4n) is 2.53. The van der Waals surface area contributed by atoms with Crippen LogP contribution in [0.25, 0.3) is 0 Å². The van der Waals surface area contributed by atoms with Crippen molar-refractivity contribution in [2.75, 3.05) is 13.1 Å². The van der Waals surface area contributed by atoms with Gasteiger partial charge in [-0.1, -0.05) is 0 Å². The van der Waals surface area contributed by atoms with Gasteiger partial charge in [0.25, 0.3) is 0 Å². The molecule has 2 rings (SSSR count). The molecular weight excluding hydrogens is 256 g/mol. The van der Waals surface area contributed by atoms with E-state index in [4.69, 9.17) is 4.74 Å². The molecule has 1 aliphatic heterocycles. The largest absolute Gasteiger partial charge is 0.444 e. The van der Waals surface area contributed by atoms with Gasteiger partial charge in [0.15, 0.2) is 0 Å². The van der Waals surface area contributed by atoms with Gasteiger partial charge in [0.2, 0.25) is 0 Å². The molecule has 0 radical (unpaired) electrons.